The molecule has 3 fully saturated rings. The zero-order chi connectivity index (χ0) is 27.6. The highest BCUT2D eigenvalue weighted by Crippen LogP contribution is 2.68. The number of cyclic esters (lactones) is 1. The minimum Gasteiger partial charge on any atom is -0.472 e. The molecule has 8 heteroatoms. The highest BCUT2D eigenvalue weighted by atomic mass is 16.6. The fraction of sp³-hybridized carbons (Fsp3) is 0.667. The van der Waals surface area contributed by atoms with E-state index in [4.69, 9.17) is 18.6 Å². The standard InChI is InChI=1S/C30H38O8/c1-7-22(31)37-27-18-12-17-19(30(5,25(18)34)21(28(27,2)3)14-23(32)35-6)8-10-29(4)20(17)13-24(33)38-26(29)16-9-11-36-15-16/h9,11,15,18-19,21,26-27H,7-8,10,12-14H2,1-6H3/t18-,19?,21+,26+,27?,29-,30-/m1/s1. The van der Waals surface area contributed by atoms with Crippen molar-refractivity contribution in [1.29, 1.82) is 0 Å². The van der Waals surface area contributed by atoms with E-state index in [0.29, 0.717) is 6.42 Å². The molecule has 1 aliphatic heterocycles. The lowest BCUT2D eigenvalue weighted by molar-refractivity contribution is -0.198. The minimum absolute atomic E-state index is 0.0438. The first-order chi connectivity index (χ1) is 17.9. The van der Waals surface area contributed by atoms with Crippen LogP contribution >= 0.6 is 0 Å². The van der Waals surface area contributed by atoms with Crippen molar-refractivity contribution in [1.82, 2.24) is 0 Å². The van der Waals surface area contributed by atoms with Gasteiger partial charge in [-0.05, 0) is 42.7 Å². The first-order valence-electron chi connectivity index (χ1n) is 13.6. The highest BCUT2D eigenvalue weighted by molar-refractivity contribution is 5.92. The Morgan fingerprint density at radius 1 is 1.13 bits per heavy atom. The van der Waals surface area contributed by atoms with Crippen LogP contribution in [0.15, 0.2) is 34.2 Å². The second-order valence-electron chi connectivity index (χ2n) is 12.5. The maximum absolute atomic E-state index is 14.3. The van der Waals surface area contributed by atoms with Crippen LogP contribution in [0.1, 0.15) is 84.8 Å². The van der Waals surface area contributed by atoms with E-state index in [0.717, 1.165) is 29.6 Å². The van der Waals surface area contributed by atoms with Crippen LogP contribution in [0.3, 0.4) is 0 Å². The van der Waals surface area contributed by atoms with E-state index in [9.17, 15) is 19.2 Å². The zero-order valence-corrected chi connectivity index (χ0v) is 23.1. The van der Waals surface area contributed by atoms with E-state index in [-0.39, 0.29) is 42.9 Å². The Hall–Kier alpha value is -2.90. The van der Waals surface area contributed by atoms with Crippen molar-refractivity contribution in [3.63, 3.8) is 0 Å². The maximum atomic E-state index is 14.3. The van der Waals surface area contributed by atoms with Crippen LogP contribution in [0.25, 0.3) is 0 Å². The summed E-state index contributed by atoms with van der Waals surface area (Å²) in [5, 5.41) is 0. The molecule has 3 aliphatic carbocycles. The summed E-state index contributed by atoms with van der Waals surface area (Å²) in [5.74, 6) is -2.10. The molecule has 0 amide bonds. The van der Waals surface area contributed by atoms with Gasteiger partial charge in [-0.2, -0.15) is 0 Å². The number of ketones is 1. The third-order valence-corrected chi connectivity index (χ3v) is 10.3. The SMILES string of the molecule is CCC(=O)OC1[C@@H]2CC3=C4CC(=O)O[C@@H](c5ccoc5)[C@]4(C)CCC3[C@@](C)(C2=O)[C@@H](CC(=O)OC)C1(C)C. The van der Waals surface area contributed by atoms with Crippen molar-refractivity contribution >= 4 is 23.7 Å². The van der Waals surface area contributed by atoms with Gasteiger partial charge in [-0.25, -0.2) is 0 Å². The van der Waals surface area contributed by atoms with Crippen LogP contribution in [-0.2, 0) is 33.4 Å². The molecular formula is C30H38O8. The minimum atomic E-state index is -0.869. The van der Waals surface area contributed by atoms with Crippen LogP contribution in [0, 0.1) is 34.0 Å². The third-order valence-electron chi connectivity index (χ3n) is 10.3. The topological polar surface area (TPSA) is 109 Å². The molecular weight excluding hydrogens is 488 g/mol. The monoisotopic (exact) mass is 526 g/mol. The van der Waals surface area contributed by atoms with E-state index in [1.165, 1.54) is 7.11 Å². The molecule has 0 N–H and O–H groups in total. The summed E-state index contributed by atoms with van der Waals surface area (Å²) in [6.07, 6.45) is 4.34. The molecule has 8 nitrogen and oxygen atoms in total. The molecule has 7 atom stereocenters. The Balaban J connectivity index is 1.68. The molecule has 2 bridgehead atoms. The number of hydrogen-bond acceptors (Lipinski definition) is 8. The molecule has 4 aliphatic rings. The number of carbonyl (C=O) groups is 4. The van der Waals surface area contributed by atoms with Crippen molar-refractivity contribution in [2.24, 2.45) is 34.0 Å². The first-order valence-corrected chi connectivity index (χ1v) is 13.6. The zero-order valence-electron chi connectivity index (χ0n) is 23.1. The summed E-state index contributed by atoms with van der Waals surface area (Å²) in [5.41, 5.74) is 0.975. The van der Waals surface area contributed by atoms with E-state index < -0.39 is 46.3 Å². The summed E-state index contributed by atoms with van der Waals surface area (Å²) < 4.78 is 22.3. The van der Waals surface area contributed by atoms with Gasteiger partial charge in [0.05, 0.1) is 32.0 Å². The Morgan fingerprint density at radius 2 is 1.87 bits per heavy atom. The van der Waals surface area contributed by atoms with Gasteiger partial charge in [0, 0.05) is 34.7 Å². The number of esters is 3. The number of allylic oxidation sites excluding steroid dienone is 1. The van der Waals surface area contributed by atoms with Crippen LogP contribution in [0.2, 0.25) is 0 Å². The predicted octanol–water partition coefficient (Wildman–Crippen LogP) is 5.12. The number of furan rings is 1. The van der Waals surface area contributed by atoms with Crippen molar-refractivity contribution < 1.29 is 37.8 Å². The van der Waals surface area contributed by atoms with Crippen LogP contribution in [0.4, 0.5) is 0 Å². The summed E-state index contributed by atoms with van der Waals surface area (Å²) in [4.78, 5) is 52.5. The lowest BCUT2D eigenvalue weighted by Crippen LogP contribution is -2.66. The number of carbonyl (C=O) groups excluding carboxylic acids is 4. The molecule has 5 rings (SSSR count). The Kier molecular flexibility index (Phi) is 6.39. The van der Waals surface area contributed by atoms with Gasteiger partial charge in [0.25, 0.3) is 0 Å². The summed E-state index contributed by atoms with van der Waals surface area (Å²) in [7, 11) is 1.35. The Bertz CT molecular complexity index is 1190. The van der Waals surface area contributed by atoms with Crippen molar-refractivity contribution in [3.8, 4) is 0 Å². The molecule has 2 heterocycles. The number of hydrogen-bond donors (Lipinski definition) is 0. The first kappa shape index (κ1) is 26.7. The maximum Gasteiger partial charge on any atom is 0.310 e. The lowest BCUT2D eigenvalue weighted by atomic mass is 9.40. The molecule has 0 spiro atoms. The summed E-state index contributed by atoms with van der Waals surface area (Å²) in [6.45, 7) is 9.85. The van der Waals surface area contributed by atoms with Crippen molar-refractivity contribution in [3.05, 3.63) is 35.3 Å². The van der Waals surface area contributed by atoms with Crippen molar-refractivity contribution in [2.45, 2.75) is 85.4 Å². The third kappa shape index (κ3) is 3.69. The van der Waals surface area contributed by atoms with Gasteiger partial charge in [-0.3, -0.25) is 19.2 Å². The molecule has 1 aromatic heterocycles. The normalized spacial score (nSPS) is 37.6. The molecule has 1 aromatic rings. The summed E-state index contributed by atoms with van der Waals surface area (Å²) in [6, 6.07) is 1.83. The molecule has 38 heavy (non-hydrogen) atoms. The van der Waals surface area contributed by atoms with Gasteiger partial charge in [0.15, 0.2) is 0 Å². The summed E-state index contributed by atoms with van der Waals surface area (Å²) >= 11 is 0. The fourth-order valence-corrected chi connectivity index (χ4v) is 8.42. The fourth-order valence-electron chi connectivity index (χ4n) is 8.42. The average Bonchev–Trinajstić information content (AvgIpc) is 3.41. The van der Waals surface area contributed by atoms with Crippen LogP contribution < -0.4 is 0 Å². The largest absolute Gasteiger partial charge is 0.472 e. The Labute approximate surface area is 223 Å². The smallest absolute Gasteiger partial charge is 0.310 e. The number of Topliss-reactive ketones (excluding diaryl/α,β-unsaturated/α-hetero) is 1. The van der Waals surface area contributed by atoms with E-state index in [1.54, 1.807) is 19.5 Å². The van der Waals surface area contributed by atoms with Crippen LogP contribution in [0.5, 0.6) is 0 Å². The van der Waals surface area contributed by atoms with E-state index in [1.807, 2.05) is 26.8 Å². The molecule has 1 saturated heterocycles. The van der Waals surface area contributed by atoms with Gasteiger partial charge in [-0.1, -0.05) is 40.2 Å². The second-order valence-corrected chi connectivity index (χ2v) is 12.5. The number of fused-ring (bicyclic) bond motifs is 5. The molecule has 2 saturated carbocycles. The molecule has 206 valence electrons. The van der Waals surface area contributed by atoms with Gasteiger partial charge >= 0.3 is 17.9 Å². The van der Waals surface area contributed by atoms with Gasteiger partial charge in [0.1, 0.15) is 18.0 Å². The molecule has 2 unspecified atom stereocenters. The van der Waals surface area contributed by atoms with E-state index >= 15 is 0 Å². The van der Waals surface area contributed by atoms with Crippen molar-refractivity contribution in [2.75, 3.05) is 7.11 Å². The molecule has 0 radical (unpaired) electrons. The predicted molar refractivity (Wildman–Crippen MR) is 135 cm³/mol. The van der Waals surface area contributed by atoms with Gasteiger partial charge < -0.3 is 18.6 Å². The second kappa shape index (κ2) is 9.09. The number of methoxy groups -OCH3 is 1. The van der Waals surface area contributed by atoms with Gasteiger partial charge in [-0.15, -0.1) is 0 Å². The number of rotatable bonds is 5. The van der Waals surface area contributed by atoms with Gasteiger partial charge in [0.2, 0.25) is 0 Å². The Morgan fingerprint density at radius 3 is 2.50 bits per heavy atom. The lowest BCUT2D eigenvalue weighted by Gasteiger charge is -2.63. The molecule has 0 aromatic carbocycles. The van der Waals surface area contributed by atoms with Crippen LogP contribution in [-0.4, -0.2) is 36.9 Å². The number of ether oxygens (including phenoxy) is 3. The van der Waals surface area contributed by atoms with E-state index in [2.05, 4.69) is 6.92 Å². The highest BCUT2D eigenvalue weighted by Gasteiger charge is 2.68. The quantitative estimate of drug-likeness (QED) is 0.296. The average molecular weight is 527 g/mol.